The molecule has 0 spiro atoms. The van der Waals surface area contributed by atoms with Gasteiger partial charge < -0.3 is 9.15 Å². The normalized spacial score (nSPS) is 11.3. The van der Waals surface area contributed by atoms with Crippen LogP contribution in [0.4, 0.5) is 0 Å². The standard InChI is InChI=1S/C26H19BrN2O5S/c1-15-22-24(35-23(15)26(32)33-10-9-16-5-3-2-4-6-16)28-14-29(25(22)31)13-19(30)21-12-17-11-18(27)7-8-20(17)34-21/h2-8,11-12,14H,9-10,13H2,1H3. The van der Waals surface area contributed by atoms with Gasteiger partial charge in [-0.15, -0.1) is 11.3 Å². The van der Waals surface area contributed by atoms with Gasteiger partial charge in [-0.25, -0.2) is 9.78 Å². The highest BCUT2D eigenvalue weighted by molar-refractivity contribution is 9.10. The second kappa shape index (κ2) is 9.59. The largest absolute Gasteiger partial charge is 0.461 e. The molecule has 0 bridgehead atoms. The third-order valence-corrected chi connectivity index (χ3v) is 7.31. The van der Waals surface area contributed by atoms with Crippen LogP contribution in [-0.4, -0.2) is 27.9 Å². The lowest BCUT2D eigenvalue weighted by molar-refractivity contribution is 0.0514. The number of furan rings is 1. The van der Waals surface area contributed by atoms with Gasteiger partial charge in [0.2, 0.25) is 5.78 Å². The molecule has 176 valence electrons. The molecular weight excluding hydrogens is 532 g/mol. The van der Waals surface area contributed by atoms with Gasteiger partial charge in [-0.3, -0.25) is 14.2 Å². The van der Waals surface area contributed by atoms with E-state index >= 15 is 0 Å². The van der Waals surface area contributed by atoms with E-state index in [1.165, 1.54) is 10.9 Å². The Balaban J connectivity index is 1.35. The molecular formula is C26H19BrN2O5S. The van der Waals surface area contributed by atoms with E-state index in [9.17, 15) is 14.4 Å². The molecule has 0 aliphatic rings. The molecule has 3 aromatic heterocycles. The number of carbonyl (C=O) groups excluding carboxylic acids is 2. The first kappa shape index (κ1) is 23.2. The van der Waals surface area contributed by atoms with Crippen LogP contribution in [0.1, 0.15) is 31.4 Å². The van der Waals surface area contributed by atoms with Crippen LogP contribution >= 0.6 is 27.3 Å². The molecule has 9 heteroatoms. The van der Waals surface area contributed by atoms with E-state index in [1.807, 2.05) is 42.5 Å². The minimum absolute atomic E-state index is 0.162. The topological polar surface area (TPSA) is 91.4 Å². The quantitative estimate of drug-likeness (QED) is 0.194. The number of ether oxygens (including phenoxy) is 1. The maximum atomic E-state index is 13.2. The molecule has 0 N–H and O–H groups in total. The molecule has 35 heavy (non-hydrogen) atoms. The van der Waals surface area contributed by atoms with E-state index in [1.54, 1.807) is 19.1 Å². The highest BCUT2D eigenvalue weighted by atomic mass is 79.9. The van der Waals surface area contributed by atoms with Crippen LogP contribution in [0, 0.1) is 6.92 Å². The molecule has 0 fully saturated rings. The molecule has 0 aliphatic heterocycles. The van der Waals surface area contributed by atoms with Crippen molar-refractivity contribution in [2.45, 2.75) is 19.9 Å². The van der Waals surface area contributed by atoms with Crippen molar-refractivity contribution in [3.05, 3.63) is 97.5 Å². The van der Waals surface area contributed by atoms with E-state index in [0.29, 0.717) is 32.7 Å². The van der Waals surface area contributed by atoms with Crippen LogP contribution in [0.3, 0.4) is 0 Å². The van der Waals surface area contributed by atoms with Gasteiger partial charge in [-0.2, -0.15) is 0 Å². The van der Waals surface area contributed by atoms with Crippen LogP contribution in [0.2, 0.25) is 0 Å². The number of Topliss-reactive ketones (excluding diaryl/α,β-unsaturated/α-hetero) is 1. The first-order valence-corrected chi connectivity index (χ1v) is 12.4. The fourth-order valence-corrected chi connectivity index (χ4v) is 5.23. The Morgan fingerprint density at radius 3 is 2.74 bits per heavy atom. The summed E-state index contributed by atoms with van der Waals surface area (Å²) in [7, 11) is 0. The maximum absolute atomic E-state index is 13.2. The first-order chi connectivity index (χ1) is 16.9. The predicted octanol–water partition coefficient (Wildman–Crippen LogP) is 5.56. The third kappa shape index (κ3) is 4.69. The van der Waals surface area contributed by atoms with E-state index < -0.39 is 5.97 Å². The lowest BCUT2D eigenvalue weighted by Gasteiger charge is -2.04. The van der Waals surface area contributed by atoms with E-state index in [2.05, 4.69) is 20.9 Å². The fourth-order valence-electron chi connectivity index (χ4n) is 3.82. The molecule has 0 amide bonds. The predicted molar refractivity (Wildman–Crippen MR) is 137 cm³/mol. The summed E-state index contributed by atoms with van der Waals surface area (Å²) in [5.74, 6) is -0.680. The van der Waals surface area contributed by atoms with Crippen molar-refractivity contribution < 1.29 is 18.7 Å². The number of aromatic nitrogens is 2. The molecule has 0 unspecified atom stereocenters. The molecule has 2 aromatic carbocycles. The van der Waals surface area contributed by atoms with Crippen molar-refractivity contribution in [1.29, 1.82) is 0 Å². The number of fused-ring (bicyclic) bond motifs is 2. The number of thiophene rings is 1. The lowest BCUT2D eigenvalue weighted by Crippen LogP contribution is -2.24. The number of ketones is 1. The summed E-state index contributed by atoms with van der Waals surface area (Å²) in [5.41, 5.74) is 1.77. The zero-order valence-corrected chi connectivity index (χ0v) is 21.0. The lowest BCUT2D eigenvalue weighted by atomic mass is 10.2. The maximum Gasteiger partial charge on any atom is 0.348 e. The highest BCUT2D eigenvalue weighted by Gasteiger charge is 2.22. The van der Waals surface area contributed by atoms with Crippen molar-refractivity contribution >= 4 is 60.2 Å². The SMILES string of the molecule is Cc1c(C(=O)OCCc2ccccc2)sc2ncn(CC(=O)c3cc4cc(Br)ccc4o3)c(=O)c12. The monoisotopic (exact) mass is 550 g/mol. The average molecular weight is 551 g/mol. The zero-order chi connectivity index (χ0) is 24.5. The average Bonchev–Trinajstić information content (AvgIpc) is 3.42. The van der Waals surface area contributed by atoms with Gasteiger partial charge in [0.1, 0.15) is 15.3 Å². The summed E-state index contributed by atoms with van der Waals surface area (Å²) in [5, 5.41) is 1.10. The summed E-state index contributed by atoms with van der Waals surface area (Å²) in [6.45, 7) is 1.70. The minimum atomic E-state index is -0.489. The minimum Gasteiger partial charge on any atom is -0.461 e. The molecule has 0 saturated carbocycles. The first-order valence-electron chi connectivity index (χ1n) is 10.8. The summed E-state index contributed by atoms with van der Waals surface area (Å²) in [4.78, 5) is 43.7. The van der Waals surface area contributed by atoms with Crippen LogP contribution < -0.4 is 5.56 Å². The van der Waals surface area contributed by atoms with Crippen LogP contribution in [0.5, 0.6) is 0 Å². The Labute approximate surface area is 212 Å². The Morgan fingerprint density at radius 1 is 1.14 bits per heavy atom. The van der Waals surface area contributed by atoms with Crippen LogP contribution in [0.15, 0.2) is 74.6 Å². The second-order valence-electron chi connectivity index (χ2n) is 8.00. The number of benzene rings is 2. The van der Waals surface area contributed by atoms with Crippen molar-refractivity contribution in [3.63, 3.8) is 0 Å². The van der Waals surface area contributed by atoms with Gasteiger partial charge in [0, 0.05) is 16.3 Å². The number of nitrogens with zero attached hydrogens (tertiary/aromatic N) is 2. The van der Waals surface area contributed by atoms with Crippen molar-refractivity contribution in [1.82, 2.24) is 9.55 Å². The fraction of sp³-hybridized carbons (Fsp3) is 0.154. The Bertz CT molecular complexity index is 1630. The van der Waals surface area contributed by atoms with Gasteiger partial charge in [0.15, 0.2) is 5.76 Å². The van der Waals surface area contributed by atoms with E-state index in [0.717, 1.165) is 26.8 Å². The number of aryl methyl sites for hydroxylation is 1. The number of carbonyl (C=O) groups is 2. The molecule has 0 saturated heterocycles. The number of hydrogen-bond donors (Lipinski definition) is 0. The Hall–Kier alpha value is -3.56. The number of esters is 1. The van der Waals surface area contributed by atoms with E-state index in [-0.39, 0.29) is 30.3 Å². The van der Waals surface area contributed by atoms with Crippen molar-refractivity contribution in [3.8, 4) is 0 Å². The van der Waals surface area contributed by atoms with Crippen LogP contribution in [-0.2, 0) is 17.7 Å². The molecule has 5 rings (SSSR count). The summed E-state index contributed by atoms with van der Waals surface area (Å²) in [6.07, 6.45) is 1.92. The summed E-state index contributed by atoms with van der Waals surface area (Å²) >= 11 is 4.51. The number of halogens is 1. The molecule has 3 heterocycles. The van der Waals surface area contributed by atoms with Gasteiger partial charge in [-0.05, 0) is 42.3 Å². The summed E-state index contributed by atoms with van der Waals surface area (Å²) in [6, 6.07) is 16.8. The third-order valence-electron chi connectivity index (χ3n) is 5.64. The van der Waals surface area contributed by atoms with Crippen molar-refractivity contribution in [2.75, 3.05) is 6.61 Å². The van der Waals surface area contributed by atoms with Gasteiger partial charge >= 0.3 is 5.97 Å². The smallest absolute Gasteiger partial charge is 0.348 e. The van der Waals surface area contributed by atoms with E-state index in [4.69, 9.17) is 9.15 Å². The zero-order valence-electron chi connectivity index (χ0n) is 18.6. The van der Waals surface area contributed by atoms with Gasteiger partial charge in [0.05, 0.1) is 24.9 Å². The Kier molecular flexibility index (Phi) is 6.36. The molecule has 0 radical (unpaired) electrons. The second-order valence-corrected chi connectivity index (χ2v) is 9.92. The number of rotatable bonds is 7. The molecule has 0 atom stereocenters. The van der Waals surface area contributed by atoms with Gasteiger partial charge in [-0.1, -0.05) is 46.3 Å². The van der Waals surface area contributed by atoms with Crippen LogP contribution in [0.25, 0.3) is 21.2 Å². The van der Waals surface area contributed by atoms with Crippen molar-refractivity contribution in [2.24, 2.45) is 0 Å². The van der Waals surface area contributed by atoms with Gasteiger partial charge in [0.25, 0.3) is 5.56 Å². The number of hydrogen-bond acceptors (Lipinski definition) is 7. The molecule has 7 nitrogen and oxygen atoms in total. The molecule has 0 aliphatic carbocycles. The summed E-state index contributed by atoms with van der Waals surface area (Å²) < 4.78 is 13.2. The Morgan fingerprint density at radius 2 is 1.94 bits per heavy atom. The highest BCUT2D eigenvalue weighted by Crippen LogP contribution is 2.28. The molecule has 5 aromatic rings.